The van der Waals surface area contributed by atoms with E-state index in [0.29, 0.717) is 5.15 Å². The topological polar surface area (TPSA) is 25.8 Å². The highest BCUT2D eigenvalue weighted by Crippen LogP contribution is 2.35. The number of pyridine rings is 2. The summed E-state index contributed by atoms with van der Waals surface area (Å²) in [6.45, 7) is 0. The summed E-state index contributed by atoms with van der Waals surface area (Å²) in [5.74, 6) is 0. The van der Waals surface area contributed by atoms with Crippen LogP contribution < -0.4 is 0 Å². The molecular formula is C38H23ClN2. The molecule has 0 aliphatic carbocycles. The first kappa shape index (κ1) is 23.8. The van der Waals surface area contributed by atoms with E-state index in [-0.39, 0.29) is 0 Å². The van der Waals surface area contributed by atoms with Crippen molar-refractivity contribution >= 4 is 55.0 Å². The predicted octanol–water partition coefficient (Wildman–Crippen LogP) is 10.7. The van der Waals surface area contributed by atoms with Crippen LogP contribution in [0, 0.1) is 0 Å². The van der Waals surface area contributed by atoms with E-state index >= 15 is 0 Å². The van der Waals surface area contributed by atoms with Gasteiger partial charge in [-0.3, -0.25) is 4.98 Å². The van der Waals surface area contributed by atoms with E-state index in [9.17, 15) is 0 Å². The van der Waals surface area contributed by atoms with Gasteiger partial charge in [-0.05, 0) is 80.6 Å². The lowest BCUT2D eigenvalue weighted by atomic mass is 9.94. The Labute approximate surface area is 242 Å². The summed E-state index contributed by atoms with van der Waals surface area (Å²) in [7, 11) is 0. The van der Waals surface area contributed by atoms with Crippen molar-refractivity contribution in [2.24, 2.45) is 0 Å². The molecule has 0 N–H and O–H groups in total. The monoisotopic (exact) mass is 542 g/mol. The smallest absolute Gasteiger partial charge is 0.137 e. The highest BCUT2D eigenvalue weighted by Gasteiger charge is 2.10. The first-order chi connectivity index (χ1) is 20.2. The minimum Gasteiger partial charge on any atom is -0.256 e. The maximum absolute atomic E-state index is 6.48. The summed E-state index contributed by atoms with van der Waals surface area (Å²) in [6.07, 6.45) is 1.95. The third-order valence-corrected chi connectivity index (χ3v) is 8.26. The molecule has 2 nitrogen and oxygen atoms in total. The highest BCUT2D eigenvalue weighted by molar-refractivity contribution is 6.35. The Kier molecular flexibility index (Phi) is 5.54. The van der Waals surface area contributed by atoms with Crippen molar-refractivity contribution < 1.29 is 0 Å². The first-order valence-electron chi connectivity index (χ1n) is 13.7. The highest BCUT2D eigenvalue weighted by atomic mass is 35.5. The SMILES string of the molecule is Clc1nc2ccc(-c3cccc(-c4cccc(-c5ccc6ncc7ccccc7c6c5)c4)c3)cc2c2ccccc12. The maximum atomic E-state index is 6.48. The number of rotatable bonds is 3. The second-order valence-electron chi connectivity index (χ2n) is 10.4. The van der Waals surface area contributed by atoms with Crippen LogP contribution in [0.5, 0.6) is 0 Å². The van der Waals surface area contributed by atoms with Crippen LogP contribution in [0.3, 0.4) is 0 Å². The van der Waals surface area contributed by atoms with Gasteiger partial charge in [0.15, 0.2) is 0 Å². The van der Waals surface area contributed by atoms with E-state index in [2.05, 4.69) is 125 Å². The van der Waals surface area contributed by atoms with Crippen LogP contribution in [-0.4, -0.2) is 9.97 Å². The lowest BCUT2D eigenvalue weighted by Gasteiger charge is -2.11. The van der Waals surface area contributed by atoms with Crippen LogP contribution in [0.2, 0.25) is 5.15 Å². The largest absolute Gasteiger partial charge is 0.256 e. The van der Waals surface area contributed by atoms with Gasteiger partial charge in [-0.15, -0.1) is 0 Å². The fourth-order valence-corrected chi connectivity index (χ4v) is 6.14. The molecule has 3 heteroatoms. The Morgan fingerprint density at radius 3 is 1.56 bits per heavy atom. The second-order valence-corrected chi connectivity index (χ2v) is 10.8. The standard InChI is InChI=1S/C38H23ClN2/c39-38-33-14-4-3-13-32(33)35-22-29(16-18-37(35)41-38)27-11-6-9-25(20-27)24-8-5-10-26(19-24)28-15-17-36-34(21-28)31-12-2-1-7-30(31)23-40-36/h1-23H. The molecule has 0 fully saturated rings. The number of halogens is 1. The van der Waals surface area contributed by atoms with Gasteiger partial charge < -0.3 is 0 Å². The zero-order valence-electron chi connectivity index (χ0n) is 22.1. The molecule has 0 saturated carbocycles. The van der Waals surface area contributed by atoms with Crippen molar-refractivity contribution in [3.8, 4) is 33.4 Å². The zero-order chi connectivity index (χ0) is 27.3. The summed E-state index contributed by atoms with van der Waals surface area (Å²) in [4.78, 5) is 9.32. The molecule has 0 bridgehead atoms. The van der Waals surface area contributed by atoms with Crippen LogP contribution in [-0.2, 0) is 0 Å². The van der Waals surface area contributed by atoms with Crippen LogP contribution in [0.15, 0.2) is 140 Å². The maximum Gasteiger partial charge on any atom is 0.137 e. The molecule has 2 aromatic heterocycles. The Morgan fingerprint density at radius 1 is 0.390 bits per heavy atom. The van der Waals surface area contributed by atoms with Gasteiger partial charge in [-0.2, -0.15) is 0 Å². The molecule has 2 heterocycles. The van der Waals surface area contributed by atoms with Crippen molar-refractivity contribution in [1.29, 1.82) is 0 Å². The van der Waals surface area contributed by atoms with E-state index < -0.39 is 0 Å². The molecule has 192 valence electrons. The van der Waals surface area contributed by atoms with Crippen LogP contribution in [0.1, 0.15) is 0 Å². The molecule has 0 saturated heterocycles. The Hall–Kier alpha value is -5.05. The molecule has 0 amide bonds. The quantitative estimate of drug-likeness (QED) is 0.164. The summed E-state index contributed by atoms with van der Waals surface area (Å²) in [5, 5.41) is 7.29. The fourth-order valence-electron chi connectivity index (χ4n) is 5.89. The molecule has 0 aliphatic rings. The molecule has 0 aliphatic heterocycles. The lowest BCUT2D eigenvalue weighted by molar-refractivity contribution is 1.44. The van der Waals surface area contributed by atoms with Gasteiger partial charge in [0.05, 0.1) is 11.0 Å². The van der Waals surface area contributed by atoms with Crippen molar-refractivity contribution in [1.82, 2.24) is 9.97 Å². The average molecular weight is 543 g/mol. The second kappa shape index (κ2) is 9.55. The number of aromatic nitrogens is 2. The van der Waals surface area contributed by atoms with Crippen LogP contribution >= 0.6 is 11.6 Å². The van der Waals surface area contributed by atoms with Gasteiger partial charge in [-0.1, -0.05) is 109 Å². The molecule has 0 radical (unpaired) electrons. The first-order valence-corrected chi connectivity index (χ1v) is 14.1. The number of hydrogen-bond donors (Lipinski definition) is 0. The molecule has 41 heavy (non-hydrogen) atoms. The van der Waals surface area contributed by atoms with E-state index in [1.54, 1.807) is 0 Å². The van der Waals surface area contributed by atoms with Gasteiger partial charge in [0.2, 0.25) is 0 Å². The van der Waals surface area contributed by atoms with Crippen LogP contribution in [0.4, 0.5) is 0 Å². The molecule has 0 atom stereocenters. The molecular weight excluding hydrogens is 520 g/mol. The Morgan fingerprint density at radius 2 is 0.902 bits per heavy atom. The number of hydrogen-bond acceptors (Lipinski definition) is 2. The van der Waals surface area contributed by atoms with Gasteiger partial charge in [-0.25, -0.2) is 4.98 Å². The molecule has 6 aromatic carbocycles. The van der Waals surface area contributed by atoms with E-state index in [1.165, 1.54) is 33.0 Å². The van der Waals surface area contributed by atoms with Gasteiger partial charge >= 0.3 is 0 Å². The fraction of sp³-hybridized carbons (Fsp3) is 0. The van der Waals surface area contributed by atoms with Crippen molar-refractivity contribution in [3.63, 3.8) is 0 Å². The van der Waals surface area contributed by atoms with Crippen molar-refractivity contribution in [2.75, 3.05) is 0 Å². The third-order valence-electron chi connectivity index (χ3n) is 7.97. The molecule has 8 rings (SSSR count). The summed E-state index contributed by atoms with van der Waals surface area (Å²) < 4.78 is 0. The number of fused-ring (bicyclic) bond motifs is 6. The van der Waals surface area contributed by atoms with Gasteiger partial charge in [0.25, 0.3) is 0 Å². The average Bonchev–Trinajstić information content (AvgIpc) is 3.04. The minimum absolute atomic E-state index is 0.540. The normalized spacial score (nSPS) is 11.5. The lowest BCUT2D eigenvalue weighted by Crippen LogP contribution is -1.87. The Balaban J connectivity index is 1.20. The van der Waals surface area contributed by atoms with Gasteiger partial charge in [0, 0.05) is 27.7 Å². The van der Waals surface area contributed by atoms with E-state index in [0.717, 1.165) is 43.7 Å². The van der Waals surface area contributed by atoms with E-state index in [1.807, 2.05) is 24.4 Å². The van der Waals surface area contributed by atoms with Crippen LogP contribution in [0.25, 0.3) is 76.7 Å². The summed E-state index contributed by atoms with van der Waals surface area (Å²) in [6, 6.07) is 47.1. The van der Waals surface area contributed by atoms with Crippen molar-refractivity contribution in [3.05, 3.63) is 145 Å². The summed E-state index contributed by atoms with van der Waals surface area (Å²) in [5.41, 5.74) is 8.95. The van der Waals surface area contributed by atoms with Crippen molar-refractivity contribution in [2.45, 2.75) is 0 Å². The third kappa shape index (κ3) is 4.12. The predicted molar refractivity (Wildman–Crippen MR) is 173 cm³/mol. The van der Waals surface area contributed by atoms with Gasteiger partial charge in [0.1, 0.15) is 5.15 Å². The zero-order valence-corrected chi connectivity index (χ0v) is 22.8. The number of nitrogens with zero attached hydrogens (tertiary/aromatic N) is 2. The molecule has 0 spiro atoms. The minimum atomic E-state index is 0.540. The Bertz CT molecular complexity index is 2290. The molecule has 0 unspecified atom stereocenters. The molecule has 8 aromatic rings. The van der Waals surface area contributed by atoms with E-state index in [4.69, 9.17) is 11.6 Å². The summed E-state index contributed by atoms with van der Waals surface area (Å²) >= 11 is 6.48. The number of benzene rings is 6.